The normalized spacial score (nSPS) is 10.4. The Labute approximate surface area is 110 Å². The predicted octanol–water partition coefficient (Wildman–Crippen LogP) is 3.55. The Morgan fingerprint density at radius 3 is 2.50 bits per heavy atom. The van der Waals surface area contributed by atoms with E-state index in [1.54, 1.807) is 0 Å². The fourth-order valence-electron chi connectivity index (χ4n) is 1.55. The molecule has 0 saturated heterocycles. The summed E-state index contributed by atoms with van der Waals surface area (Å²) < 4.78 is 19.1. The quantitative estimate of drug-likeness (QED) is 0.917. The number of hydrogen-bond donors (Lipinski definition) is 1. The average Bonchev–Trinajstić information content (AvgIpc) is 2.41. The molecule has 0 aliphatic rings. The average molecular weight is 267 g/mol. The second-order valence-corrected chi connectivity index (χ2v) is 4.23. The van der Waals surface area contributed by atoms with E-state index >= 15 is 0 Å². The van der Waals surface area contributed by atoms with Crippen molar-refractivity contribution in [2.45, 2.75) is 13.2 Å². The summed E-state index contributed by atoms with van der Waals surface area (Å²) in [5.41, 5.74) is 1.45. The molecule has 0 heterocycles. The Hall–Kier alpha value is -1.58. The molecule has 0 amide bonds. The van der Waals surface area contributed by atoms with Gasteiger partial charge in [0.2, 0.25) is 0 Å². The molecule has 0 aliphatic heterocycles. The SMILES string of the molecule is OCc1cc(Cl)c(F)c(OCc2ccccc2)c1. The Morgan fingerprint density at radius 1 is 1.11 bits per heavy atom. The number of rotatable bonds is 4. The molecule has 0 spiro atoms. The summed E-state index contributed by atoms with van der Waals surface area (Å²) in [7, 11) is 0. The van der Waals surface area contributed by atoms with Gasteiger partial charge in [-0.25, -0.2) is 4.39 Å². The number of benzene rings is 2. The van der Waals surface area contributed by atoms with E-state index in [1.807, 2.05) is 30.3 Å². The maximum Gasteiger partial charge on any atom is 0.183 e. The van der Waals surface area contributed by atoms with E-state index in [4.69, 9.17) is 21.4 Å². The Balaban J connectivity index is 2.16. The fourth-order valence-corrected chi connectivity index (χ4v) is 1.78. The number of ether oxygens (including phenoxy) is 1. The van der Waals surface area contributed by atoms with E-state index < -0.39 is 5.82 Å². The van der Waals surface area contributed by atoms with Crippen molar-refractivity contribution in [3.05, 3.63) is 64.4 Å². The van der Waals surface area contributed by atoms with Crippen LogP contribution < -0.4 is 4.74 Å². The van der Waals surface area contributed by atoms with Crippen molar-refractivity contribution in [2.75, 3.05) is 0 Å². The van der Waals surface area contributed by atoms with Gasteiger partial charge in [0, 0.05) is 0 Å². The van der Waals surface area contributed by atoms with Crippen LogP contribution in [0.5, 0.6) is 5.75 Å². The second kappa shape index (κ2) is 5.85. The molecule has 2 aromatic carbocycles. The first-order valence-electron chi connectivity index (χ1n) is 5.46. The van der Waals surface area contributed by atoms with E-state index in [1.165, 1.54) is 12.1 Å². The standard InChI is InChI=1S/C14H12ClFO2/c15-12-6-11(8-17)7-13(14(12)16)18-9-10-4-2-1-3-5-10/h1-7,17H,8-9H2. The van der Waals surface area contributed by atoms with Crippen molar-refractivity contribution in [2.24, 2.45) is 0 Å². The molecule has 1 N–H and O–H groups in total. The van der Waals surface area contributed by atoms with Gasteiger partial charge in [0.1, 0.15) is 6.61 Å². The van der Waals surface area contributed by atoms with Crippen LogP contribution in [-0.2, 0) is 13.2 Å². The predicted molar refractivity (Wildman–Crippen MR) is 68.1 cm³/mol. The molecule has 94 valence electrons. The van der Waals surface area contributed by atoms with E-state index in [2.05, 4.69) is 0 Å². The smallest absolute Gasteiger partial charge is 0.183 e. The summed E-state index contributed by atoms with van der Waals surface area (Å²) in [5, 5.41) is 8.97. The van der Waals surface area contributed by atoms with Gasteiger partial charge < -0.3 is 9.84 Å². The van der Waals surface area contributed by atoms with Crippen LogP contribution in [0.15, 0.2) is 42.5 Å². The topological polar surface area (TPSA) is 29.5 Å². The zero-order valence-corrected chi connectivity index (χ0v) is 10.3. The molecule has 2 nitrogen and oxygen atoms in total. The first kappa shape index (κ1) is 12.9. The Morgan fingerprint density at radius 2 is 1.83 bits per heavy atom. The van der Waals surface area contributed by atoms with Crippen LogP contribution in [0.1, 0.15) is 11.1 Å². The minimum absolute atomic E-state index is 0.0513. The van der Waals surface area contributed by atoms with Gasteiger partial charge in [-0.05, 0) is 23.3 Å². The number of aliphatic hydroxyl groups excluding tert-OH is 1. The molecule has 0 aliphatic carbocycles. The third kappa shape index (κ3) is 3.00. The molecule has 0 atom stereocenters. The summed E-state index contributed by atoms with van der Waals surface area (Å²) >= 11 is 5.71. The van der Waals surface area contributed by atoms with Gasteiger partial charge in [0.15, 0.2) is 11.6 Å². The van der Waals surface area contributed by atoms with Crippen LogP contribution in [-0.4, -0.2) is 5.11 Å². The van der Waals surface area contributed by atoms with Crippen molar-refractivity contribution in [3.8, 4) is 5.75 Å². The lowest BCUT2D eigenvalue weighted by molar-refractivity contribution is 0.274. The monoisotopic (exact) mass is 266 g/mol. The number of aliphatic hydroxyl groups is 1. The Bertz CT molecular complexity index is 529. The molecule has 2 aromatic rings. The van der Waals surface area contributed by atoms with Crippen LogP contribution >= 0.6 is 11.6 Å². The molecular formula is C14H12ClFO2. The lowest BCUT2D eigenvalue weighted by atomic mass is 10.2. The maximum absolute atomic E-state index is 13.7. The second-order valence-electron chi connectivity index (χ2n) is 3.82. The molecule has 0 fully saturated rings. The van der Waals surface area contributed by atoms with Gasteiger partial charge in [-0.15, -0.1) is 0 Å². The van der Waals surface area contributed by atoms with E-state index in [0.29, 0.717) is 5.56 Å². The van der Waals surface area contributed by atoms with E-state index in [0.717, 1.165) is 5.56 Å². The minimum atomic E-state index is -0.607. The lowest BCUT2D eigenvalue weighted by Gasteiger charge is -2.09. The molecule has 2 rings (SSSR count). The largest absolute Gasteiger partial charge is 0.486 e. The van der Waals surface area contributed by atoms with Gasteiger partial charge in [0.25, 0.3) is 0 Å². The van der Waals surface area contributed by atoms with Crippen molar-refractivity contribution >= 4 is 11.6 Å². The van der Waals surface area contributed by atoms with Crippen LogP contribution in [0, 0.1) is 5.82 Å². The van der Waals surface area contributed by atoms with Crippen LogP contribution in [0.3, 0.4) is 0 Å². The molecule has 0 radical (unpaired) electrons. The third-order valence-corrected chi connectivity index (χ3v) is 2.75. The van der Waals surface area contributed by atoms with Gasteiger partial charge >= 0.3 is 0 Å². The number of halogens is 2. The van der Waals surface area contributed by atoms with Gasteiger partial charge in [-0.2, -0.15) is 0 Å². The molecule has 0 unspecified atom stereocenters. The highest BCUT2D eigenvalue weighted by Crippen LogP contribution is 2.27. The van der Waals surface area contributed by atoms with Crippen LogP contribution in [0.25, 0.3) is 0 Å². The van der Waals surface area contributed by atoms with Crippen molar-refractivity contribution < 1.29 is 14.2 Å². The van der Waals surface area contributed by atoms with Crippen molar-refractivity contribution in [1.82, 2.24) is 0 Å². The zero-order chi connectivity index (χ0) is 13.0. The van der Waals surface area contributed by atoms with Crippen LogP contribution in [0.2, 0.25) is 5.02 Å². The number of hydrogen-bond acceptors (Lipinski definition) is 2. The zero-order valence-electron chi connectivity index (χ0n) is 9.57. The first-order chi connectivity index (χ1) is 8.70. The molecule has 4 heteroatoms. The minimum Gasteiger partial charge on any atom is -0.486 e. The van der Waals surface area contributed by atoms with Gasteiger partial charge in [-0.3, -0.25) is 0 Å². The highest BCUT2D eigenvalue weighted by Gasteiger charge is 2.10. The summed E-state index contributed by atoms with van der Waals surface area (Å²) in [6, 6.07) is 12.3. The van der Waals surface area contributed by atoms with Gasteiger partial charge in [-0.1, -0.05) is 41.9 Å². The maximum atomic E-state index is 13.7. The molecular weight excluding hydrogens is 255 g/mol. The van der Waals surface area contributed by atoms with E-state index in [9.17, 15) is 4.39 Å². The van der Waals surface area contributed by atoms with Crippen molar-refractivity contribution in [3.63, 3.8) is 0 Å². The van der Waals surface area contributed by atoms with Gasteiger partial charge in [0.05, 0.1) is 11.6 Å². The van der Waals surface area contributed by atoms with Crippen LogP contribution in [0.4, 0.5) is 4.39 Å². The highest BCUT2D eigenvalue weighted by molar-refractivity contribution is 6.30. The molecule has 0 saturated carbocycles. The Kier molecular flexibility index (Phi) is 4.18. The van der Waals surface area contributed by atoms with Crippen molar-refractivity contribution in [1.29, 1.82) is 0 Å². The summed E-state index contributed by atoms with van der Waals surface area (Å²) in [6.45, 7) is 0.0463. The van der Waals surface area contributed by atoms with E-state index in [-0.39, 0.29) is 24.0 Å². The summed E-state index contributed by atoms with van der Waals surface area (Å²) in [5.74, 6) is -0.555. The molecule has 0 aromatic heterocycles. The lowest BCUT2D eigenvalue weighted by Crippen LogP contribution is -1.99. The summed E-state index contributed by atoms with van der Waals surface area (Å²) in [4.78, 5) is 0. The fraction of sp³-hybridized carbons (Fsp3) is 0.143. The summed E-state index contributed by atoms with van der Waals surface area (Å²) in [6.07, 6.45) is 0. The first-order valence-corrected chi connectivity index (χ1v) is 5.84. The molecule has 0 bridgehead atoms. The molecule has 18 heavy (non-hydrogen) atoms. The highest BCUT2D eigenvalue weighted by atomic mass is 35.5. The third-order valence-electron chi connectivity index (χ3n) is 2.47.